The van der Waals surface area contributed by atoms with E-state index in [4.69, 9.17) is 15.2 Å². The highest BCUT2D eigenvalue weighted by atomic mass is 16.5. The van der Waals surface area contributed by atoms with Gasteiger partial charge in [-0.25, -0.2) is 0 Å². The van der Waals surface area contributed by atoms with Gasteiger partial charge in [0, 0.05) is 18.2 Å². The van der Waals surface area contributed by atoms with Crippen LogP contribution in [-0.4, -0.2) is 14.2 Å². The molecule has 0 saturated heterocycles. The molecular weight excluding hydrogens is 190 g/mol. The van der Waals surface area contributed by atoms with E-state index in [0.29, 0.717) is 12.5 Å². The highest BCUT2D eigenvalue weighted by Crippen LogP contribution is 2.32. The Hall–Kier alpha value is -1.22. The van der Waals surface area contributed by atoms with E-state index in [-0.39, 0.29) is 0 Å². The Morgan fingerprint density at radius 3 is 2.27 bits per heavy atom. The lowest BCUT2D eigenvalue weighted by Crippen LogP contribution is -2.06. The third-order valence-electron chi connectivity index (χ3n) is 2.50. The zero-order valence-corrected chi connectivity index (χ0v) is 9.83. The molecule has 15 heavy (non-hydrogen) atoms. The first kappa shape index (κ1) is 11.9. The van der Waals surface area contributed by atoms with Gasteiger partial charge >= 0.3 is 0 Å². The smallest absolute Gasteiger partial charge is 0.127 e. The fourth-order valence-electron chi connectivity index (χ4n) is 1.67. The van der Waals surface area contributed by atoms with Crippen molar-refractivity contribution in [3.8, 4) is 11.5 Å². The predicted octanol–water partition coefficient (Wildman–Crippen LogP) is 2.29. The molecule has 1 aromatic carbocycles. The minimum absolute atomic E-state index is 0.410. The van der Waals surface area contributed by atoms with Crippen molar-refractivity contribution in [2.24, 2.45) is 5.73 Å². The molecule has 0 fully saturated rings. The second kappa shape index (κ2) is 5.03. The van der Waals surface area contributed by atoms with Gasteiger partial charge < -0.3 is 15.2 Å². The van der Waals surface area contributed by atoms with Crippen LogP contribution in [0.4, 0.5) is 0 Å². The number of ether oxygens (including phenoxy) is 2. The molecule has 0 amide bonds. The minimum atomic E-state index is 0.410. The topological polar surface area (TPSA) is 44.5 Å². The van der Waals surface area contributed by atoms with Gasteiger partial charge in [-0.05, 0) is 17.5 Å². The van der Waals surface area contributed by atoms with Gasteiger partial charge in [0.25, 0.3) is 0 Å². The molecule has 84 valence electrons. The average molecular weight is 209 g/mol. The monoisotopic (exact) mass is 209 g/mol. The summed E-state index contributed by atoms with van der Waals surface area (Å²) >= 11 is 0. The molecule has 0 bridgehead atoms. The molecule has 1 rings (SSSR count). The zero-order valence-electron chi connectivity index (χ0n) is 9.83. The Morgan fingerprint density at radius 1 is 1.20 bits per heavy atom. The number of nitrogens with two attached hydrogens (primary N) is 1. The number of hydrogen-bond acceptors (Lipinski definition) is 3. The van der Waals surface area contributed by atoms with E-state index < -0.39 is 0 Å². The van der Waals surface area contributed by atoms with Crippen LogP contribution in [0.1, 0.15) is 30.9 Å². The molecule has 0 aliphatic rings. The second-order valence-electron chi connectivity index (χ2n) is 3.76. The van der Waals surface area contributed by atoms with Crippen LogP contribution in [0.2, 0.25) is 0 Å². The molecule has 3 heteroatoms. The summed E-state index contributed by atoms with van der Waals surface area (Å²) in [7, 11) is 3.30. The standard InChI is InChI=1S/C12H19NO2/c1-8(2)10-5-9(14-3)6-12(15-4)11(10)7-13/h5-6,8H,7,13H2,1-4H3. The predicted molar refractivity (Wildman–Crippen MR) is 61.5 cm³/mol. The molecule has 0 radical (unpaired) electrons. The van der Waals surface area contributed by atoms with E-state index in [1.54, 1.807) is 14.2 Å². The SMILES string of the molecule is COc1cc(OC)c(CN)c(C(C)C)c1. The van der Waals surface area contributed by atoms with Crippen LogP contribution in [0.5, 0.6) is 11.5 Å². The quantitative estimate of drug-likeness (QED) is 0.827. The van der Waals surface area contributed by atoms with Gasteiger partial charge in [0.15, 0.2) is 0 Å². The first-order valence-electron chi connectivity index (χ1n) is 5.08. The van der Waals surface area contributed by atoms with Gasteiger partial charge in [-0.3, -0.25) is 0 Å². The molecule has 0 aliphatic carbocycles. The summed E-state index contributed by atoms with van der Waals surface area (Å²) in [5, 5.41) is 0. The minimum Gasteiger partial charge on any atom is -0.497 e. The van der Waals surface area contributed by atoms with Crippen LogP contribution in [0.25, 0.3) is 0 Å². The fourth-order valence-corrected chi connectivity index (χ4v) is 1.67. The first-order chi connectivity index (χ1) is 7.13. The van der Waals surface area contributed by atoms with Gasteiger partial charge in [0.1, 0.15) is 11.5 Å². The molecule has 0 heterocycles. The summed E-state index contributed by atoms with van der Waals surface area (Å²) in [5.41, 5.74) is 7.99. The molecule has 0 spiro atoms. The summed E-state index contributed by atoms with van der Waals surface area (Å²) in [6, 6.07) is 3.89. The Morgan fingerprint density at radius 2 is 1.87 bits per heavy atom. The maximum Gasteiger partial charge on any atom is 0.127 e. The van der Waals surface area contributed by atoms with Crippen LogP contribution in [0, 0.1) is 0 Å². The van der Waals surface area contributed by atoms with Crippen molar-refractivity contribution in [2.45, 2.75) is 26.3 Å². The van der Waals surface area contributed by atoms with Crippen molar-refractivity contribution in [1.82, 2.24) is 0 Å². The average Bonchev–Trinajstić information content (AvgIpc) is 2.26. The van der Waals surface area contributed by atoms with Crippen molar-refractivity contribution in [3.63, 3.8) is 0 Å². The van der Waals surface area contributed by atoms with Crippen LogP contribution in [-0.2, 0) is 6.54 Å². The second-order valence-corrected chi connectivity index (χ2v) is 3.76. The lowest BCUT2D eigenvalue weighted by molar-refractivity contribution is 0.389. The lowest BCUT2D eigenvalue weighted by atomic mass is 9.96. The molecule has 0 aliphatic heterocycles. The highest BCUT2D eigenvalue weighted by Gasteiger charge is 2.13. The number of benzene rings is 1. The molecular formula is C12H19NO2. The fraction of sp³-hybridized carbons (Fsp3) is 0.500. The molecule has 0 unspecified atom stereocenters. The van der Waals surface area contributed by atoms with Crippen molar-refractivity contribution in [3.05, 3.63) is 23.3 Å². The van der Waals surface area contributed by atoms with E-state index >= 15 is 0 Å². The third kappa shape index (κ3) is 2.42. The maximum atomic E-state index is 5.74. The van der Waals surface area contributed by atoms with Crippen LogP contribution in [0.15, 0.2) is 12.1 Å². The zero-order chi connectivity index (χ0) is 11.4. The Kier molecular flexibility index (Phi) is 3.97. The summed E-state index contributed by atoms with van der Waals surface area (Å²) < 4.78 is 10.5. The van der Waals surface area contributed by atoms with Crippen molar-refractivity contribution in [2.75, 3.05) is 14.2 Å². The van der Waals surface area contributed by atoms with E-state index in [0.717, 1.165) is 17.1 Å². The van der Waals surface area contributed by atoms with E-state index in [1.165, 1.54) is 5.56 Å². The summed E-state index contributed by atoms with van der Waals surface area (Å²) in [6.07, 6.45) is 0. The molecule has 2 N–H and O–H groups in total. The number of hydrogen-bond donors (Lipinski definition) is 1. The van der Waals surface area contributed by atoms with Crippen LogP contribution < -0.4 is 15.2 Å². The number of rotatable bonds is 4. The molecule has 0 atom stereocenters. The normalized spacial score (nSPS) is 10.5. The number of methoxy groups -OCH3 is 2. The van der Waals surface area contributed by atoms with Crippen LogP contribution in [0.3, 0.4) is 0 Å². The first-order valence-corrected chi connectivity index (χ1v) is 5.08. The van der Waals surface area contributed by atoms with Crippen molar-refractivity contribution in [1.29, 1.82) is 0 Å². The third-order valence-corrected chi connectivity index (χ3v) is 2.50. The summed E-state index contributed by atoms with van der Waals surface area (Å²) in [6.45, 7) is 4.75. The lowest BCUT2D eigenvalue weighted by Gasteiger charge is -2.16. The van der Waals surface area contributed by atoms with Gasteiger partial charge in [-0.1, -0.05) is 13.8 Å². The Labute approximate surface area is 91.2 Å². The van der Waals surface area contributed by atoms with E-state index in [1.807, 2.05) is 12.1 Å². The Balaban J connectivity index is 3.32. The molecule has 0 aromatic heterocycles. The van der Waals surface area contributed by atoms with Gasteiger partial charge in [-0.15, -0.1) is 0 Å². The van der Waals surface area contributed by atoms with Crippen molar-refractivity contribution < 1.29 is 9.47 Å². The van der Waals surface area contributed by atoms with Gasteiger partial charge in [-0.2, -0.15) is 0 Å². The van der Waals surface area contributed by atoms with Gasteiger partial charge in [0.05, 0.1) is 14.2 Å². The Bertz CT molecular complexity index is 335. The van der Waals surface area contributed by atoms with E-state index in [9.17, 15) is 0 Å². The molecule has 1 aromatic rings. The maximum absolute atomic E-state index is 5.74. The van der Waals surface area contributed by atoms with Crippen LogP contribution >= 0.6 is 0 Å². The van der Waals surface area contributed by atoms with Gasteiger partial charge in [0.2, 0.25) is 0 Å². The molecule has 0 saturated carbocycles. The highest BCUT2D eigenvalue weighted by molar-refractivity contribution is 5.47. The largest absolute Gasteiger partial charge is 0.497 e. The summed E-state index contributed by atoms with van der Waals surface area (Å²) in [5.74, 6) is 2.03. The molecule has 3 nitrogen and oxygen atoms in total. The van der Waals surface area contributed by atoms with E-state index in [2.05, 4.69) is 13.8 Å². The summed E-state index contributed by atoms with van der Waals surface area (Å²) in [4.78, 5) is 0. The van der Waals surface area contributed by atoms with Crippen molar-refractivity contribution >= 4 is 0 Å².